The van der Waals surface area contributed by atoms with Gasteiger partial charge in [-0.2, -0.15) is 0 Å². The van der Waals surface area contributed by atoms with Crippen LogP contribution in [0.4, 0.5) is 0 Å². The Morgan fingerprint density at radius 3 is 2.48 bits per heavy atom. The maximum Gasteiger partial charge on any atom is 0.255 e. The molecule has 1 amide bonds. The van der Waals surface area contributed by atoms with Crippen molar-refractivity contribution in [1.82, 2.24) is 14.8 Å². The zero-order valence-electron chi connectivity index (χ0n) is 14.9. The SMILES string of the molecule is CNC1CCN(C(=O)c2cc(C)n(-c3cccc(Cl)c3)c2C)CC1.Cl. The summed E-state index contributed by atoms with van der Waals surface area (Å²) in [7, 11) is 1.99. The first kappa shape index (κ1) is 19.8. The van der Waals surface area contributed by atoms with E-state index in [1.54, 1.807) is 0 Å². The second-order valence-corrected chi connectivity index (χ2v) is 6.89. The van der Waals surface area contributed by atoms with Crippen LogP contribution >= 0.6 is 24.0 Å². The number of aromatic nitrogens is 1. The van der Waals surface area contributed by atoms with Crippen LogP contribution in [-0.2, 0) is 0 Å². The molecule has 2 aromatic rings. The number of carbonyl (C=O) groups excluding carboxylic acids is 1. The Hall–Kier alpha value is -1.49. The molecule has 0 unspecified atom stereocenters. The Bertz CT molecular complexity index is 749. The van der Waals surface area contributed by atoms with Gasteiger partial charge < -0.3 is 14.8 Å². The number of piperidine rings is 1. The van der Waals surface area contributed by atoms with Gasteiger partial charge in [-0.05, 0) is 58.0 Å². The zero-order valence-corrected chi connectivity index (χ0v) is 16.5. The summed E-state index contributed by atoms with van der Waals surface area (Å²) >= 11 is 6.12. The van der Waals surface area contributed by atoms with Crippen LogP contribution in [0.1, 0.15) is 34.6 Å². The van der Waals surface area contributed by atoms with E-state index < -0.39 is 0 Å². The van der Waals surface area contributed by atoms with Crippen molar-refractivity contribution in [3.8, 4) is 5.69 Å². The van der Waals surface area contributed by atoms with E-state index in [0.29, 0.717) is 11.1 Å². The van der Waals surface area contributed by atoms with Gasteiger partial charge in [0.1, 0.15) is 0 Å². The number of amides is 1. The van der Waals surface area contributed by atoms with Crippen LogP contribution in [0.5, 0.6) is 0 Å². The topological polar surface area (TPSA) is 37.3 Å². The van der Waals surface area contributed by atoms with Gasteiger partial charge in [-0.15, -0.1) is 12.4 Å². The monoisotopic (exact) mass is 381 g/mol. The smallest absolute Gasteiger partial charge is 0.255 e. The van der Waals surface area contributed by atoms with Crippen LogP contribution in [0.15, 0.2) is 30.3 Å². The molecule has 0 saturated carbocycles. The van der Waals surface area contributed by atoms with Gasteiger partial charge in [0.2, 0.25) is 0 Å². The van der Waals surface area contributed by atoms with E-state index in [0.717, 1.165) is 48.6 Å². The molecular formula is C19H25Cl2N3O. The lowest BCUT2D eigenvalue weighted by molar-refractivity contribution is 0.0706. The molecule has 1 fully saturated rings. The fourth-order valence-electron chi connectivity index (χ4n) is 3.53. The lowest BCUT2D eigenvalue weighted by atomic mass is 10.0. The van der Waals surface area contributed by atoms with Crippen molar-refractivity contribution in [2.24, 2.45) is 0 Å². The maximum atomic E-state index is 12.9. The van der Waals surface area contributed by atoms with Crippen molar-refractivity contribution >= 4 is 29.9 Å². The van der Waals surface area contributed by atoms with E-state index in [2.05, 4.69) is 9.88 Å². The summed E-state index contributed by atoms with van der Waals surface area (Å²) in [5, 5.41) is 4.00. The molecule has 0 spiro atoms. The molecule has 136 valence electrons. The number of benzene rings is 1. The average Bonchev–Trinajstić information content (AvgIpc) is 2.89. The molecule has 1 aromatic carbocycles. The number of nitrogens with one attached hydrogen (secondary N) is 1. The quantitative estimate of drug-likeness (QED) is 0.872. The first-order chi connectivity index (χ1) is 11.5. The molecule has 3 rings (SSSR count). The largest absolute Gasteiger partial charge is 0.338 e. The third kappa shape index (κ3) is 4.02. The second-order valence-electron chi connectivity index (χ2n) is 6.46. The first-order valence-electron chi connectivity index (χ1n) is 8.42. The summed E-state index contributed by atoms with van der Waals surface area (Å²) in [5.74, 6) is 0.130. The van der Waals surface area contributed by atoms with E-state index in [1.807, 2.05) is 56.1 Å². The summed E-state index contributed by atoms with van der Waals surface area (Å²) in [6, 6.07) is 10.2. The van der Waals surface area contributed by atoms with Crippen LogP contribution in [-0.4, -0.2) is 41.6 Å². The molecule has 0 aliphatic carbocycles. The van der Waals surface area contributed by atoms with E-state index >= 15 is 0 Å². The molecule has 4 nitrogen and oxygen atoms in total. The Kier molecular flexibility index (Phi) is 6.55. The molecule has 1 saturated heterocycles. The van der Waals surface area contributed by atoms with Crippen molar-refractivity contribution in [3.63, 3.8) is 0 Å². The predicted molar refractivity (Wildman–Crippen MR) is 105 cm³/mol. The molecule has 1 aliphatic heterocycles. The minimum Gasteiger partial charge on any atom is -0.338 e. The minimum atomic E-state index is 0. The van der Waals surface area contributed by atoms with Crippen LogP contribution in [0, 0.1) is 13.8 Å². The van der Waals surface area contributed by atoms with Crippen molar-refractivity contribution in [2.75, 3.05) is 20.1 Å². The van der Waals surface area contributed by atoms with Gasteiger partial charge in [0.15, 0.2) is 0 Å². The number of aryl methyl sites for hydroxylation is 1. The van der Waals surface area contributed by atoms with Crippen LogP contribution in [0.3, 0.4) is 0 Å². The fourth-order valence-corrected chi connectivity index (χ4v) is 3.72. The first-order valence-corrected chi connectivity index (χ1v) is 8.80. The fraction of sp³-hybridized carbons (Fsp3) is 0.421. The van der Waals surface area contributed by atoms with Crippen LogP contribution in [0.25, 0.3) is 5.69 Å². The van der Waals surface area contributed by atoms with Crippen molar-refractivity contribution in [3.05, 3.63) is 52.3 Å². The molecule has 25 heavy (non-hydrogen) atoms. The number of hydrogen-bond donors (Lipinski definition) is 1. The van der Waals surface area contributed by atoms with E-state index in [9.17, 15) is 4.79 Å². The Morgan fingerprint density at radius 2 is 1.88 bits per heavy atom. The zero-order chi connectivity index (χ0) is 17.3. The number of hydrogen-bond acceptors (Lipinski definition) is 2. The van der Waals surface area contributed by atoms with E-state index in [1.165, 1.54) is 0 Å². The molecule has 0 atom stereocenters. The third-order valence-electron chi connectivity index (χ3n) is 4.92. The summed E-state index contributed by atoms with van der Waals surface area (Å²) in [5.41, 5.74) is 3.79. The van der Waals surface area contributed by atoms with Gasteiger partial charge in [-0.25, -0.2) is 0 Å². The molecule has 1 N–H and O–H groups in total. The lowest BCUT2D eigenvalue weighted by Crippen LogP contribution is -2.44. The van der Waals surface area contributed by atoms with Crippen LogP contribution < -0.4 is 5.32 Å². The Morgan fingerprint density at radius 1 is 1.20 bits per heavy atom. The van der Waals surface area contributed by atoms with E-state index in [-0.39, 0.29) is 18.3 Å². The molecule has 6 heteroatoms. The highest BCUT2D eigenvalue weighted by molar-refractivity contribution is 6.30. The minimum absolute atomic E-state index is 0. The van der Waals surface area contributed by atoms with Gasteiger partial charge >= 0.3 is 0 Å². The normalized spacial score (nSPS) is 15.1. The molecule has 0 bridgehead atoms. The Balaban J connectivity index is 0.00000225. The molecule has 1 aromatic heterocycles. The summed E-state index contributed by atoms with van der Waals surface area (Å²) in [6.07, 6.45) is 2.02. The molecule has 0 radical (unpaired) electrons. The number of halogens is 2. The van der Waals surface area contributed by atoms with E-state index in [4.69, 9.17) is 11.6 Å². The molecular weight excluding hydrogens is 357 g/mol. The molecule has 2 heterocycles. The third-order valence-corrected chi connectivity index (χ3v) is 5.15. The highest BCUT2D eigenvalue weighted by Gasteiger charge is 2.25. The van der Waals surface area contributed by atoms with Gasteiger partial charge in [-0.1, -0.05) is 17.7 Å². The lowest BCUT2D eigenvalue weighted by Gasteiger charge is -2.31. The highest BCUT2D eigenvalue weighted by Crippen LogP contribution is 2.25. The molecule has 1 aliphatic rings. The number of likely N-dealkylation sites (tertiary alicyclic amines) is 1. The predicted octanol–water partition coefficient (Wildman–Crippen LogP) is 3.99. The number of nitrogens with zero attached hydrogens (tertiary/aromatic N) is 2. The summed E-state index contributed by atoms with van der Waals surface area (Å²) in [4.78, 5) is 14.9. The van der Waals surface area contributed by atoms with Crippen molar-refractivity contribution in [2.45, 2.75) is 32.7 Å². The highest BCUT2D eigenvalue weighted by atomic mass is 35.5. The van der Waals surface area contributed by atoms with Gasteiger partial charge in [0, 0.05) is 41.2 Å². The van der Waals surface area contributed by atoms with Gasteiger partial charge in [-0.3, -0.25) is 4.79 Å². The summed E-state index contributed by atoms with van der Waals surface area (Å²) < 4.78 is 2.10. The summed E-state index contributed by atoms with van der Waals surface area (Å²) in [6.45, 7) is 5.65. The van der Waals surface area contributed by atoms with Gasteiger partial charge in [0.25, 0.3) is 5.91 Å². The van der Waals surface area contributed by atoms with Crippen LogP contribution in [0.2, 0.25) is 5.02 Å². The Labute approximate surface area is 160 Å². The second kappa shape index (κ2) is 8.26. The number of carbonyl (C=O) groups is 1. The standard InChI is InChI=1S/C19H24ClN3O.ClH/c1-13-11-18(19(24)22-9-7-16(21-3)8-10-22)14(2)23(13)17-6-4-5-15(20)12-17;/h4-6,11-12,16,21H,7-10H2,1-3H3;1H. The van der Waals surface area contributed by atoms with Crippen molar-refractivity contribution in [1.29, 1.82) is 0 Å². The maximum absolute atomic E-state index is 12.9. The average molecular weight is 382 g/mol. The van der Waals surface area contributed by atoms with Gasteiger partial charge in [0.05, 0.1) is 5.56 Å². The van der Waals surface area contributed by atoms with Crippen molar-refractivity contribution < 1.29 is 4.79 Å². The number of rotatable bonds is 3.